The maximum Gasteiger partial charge on any atom is 0.0179 e. The Bertz CT molecular complexity index is 300. The zero-order valence-electron chi connectivity index (χ0n) is 8.50. The van der Waals surface area contributed by atoms with Crippen LogP contribution in [0.4, 0.5) is 0 Å². The van der Waals surface area contributed by atoms with E-state index in [1.807, 2.05) is 5.41 Å². The van der Waals surface area contributed by atoms with E-state index in [2.05, 4.69) is 45.5 Å². The van der Waals surface area contributed by atoms with Gasteiger partial charge >= 0.3 is 0 Å². The minimum absolute atomic E-state index is 0.586. The summed E-state index contributed by atoms with van der Waals surface area (Å²) in [4.78, 5) is 1.37. The third kappa shape index (κ3) is 2.38. The van der Waals surface area contributed by atoms with Crippen LogP contribution < -0.4 is 0 Å². The van der Waals surface area contributed by atoms with E-state index in [1.54, 1.807) is 11.8 Å². The highest BCUT2D eigenvalue weighted by Gasteiger charge is 2.07. The molecule has 1 aromatic carbocycles. The number of benzene rings is 1. The van der Waals surface area contributed by atoms with Crippen molar-refractivity contribution in [3.63, 3.8) is 0 Å². The summed E-state index contributed by atoms with van der Waals surface area (Å²) in [7, 11) is 0. The summed E-state index contributed by atoms with van der Waals surface area (Å²) in [6.07, 6.45) is 0. The van der Waals surface area contributed by atoms with Gasteiger partial charge in [-0.1, -0.05) is 50.4 Å². The van der Waals surface area contributed by atoms with E-state index >= 15 is 0 Å². The van der Waals surface area contributed by atoms with Crippen LogP contribution in [0.15, 0.2) is 35.1 Å². The van der Waals surface area contributed by atoms with Crippen molar-refractivity contribution < 1.29 is 0 Å². The maximum absolute atomic E-state index is 3.76. The SMILES string of the molecule is C=CSc1c(C)cccc1C(C)C. The van der Waals surface area contributed by atoms with Crippen molar-refractivity contribution in [3.8, 4) is 0 Å². The average molecular weight is 192 g/mol. The zero-order chi connectivity index (χ0) is 9.84. The molecule has 0 fully saturated rings. The van der Waals surface area contributed by atoms with Crippen molar-refractivity contribution >= 4 is 11.8 Å². The number of thioether (sulfide) groups is 1. The van der Waals surface area contributed by atoms with Crippen molar-refractivity contribution in [2.45, 2.75) is 31.6 Å². The predicted molar refractivity (Wildman–Crippen MR) is 61.3 cm³/mol. The number of rotatable bonds is 3. The molecule has 0 heterocycles. The second kappa shape index (κ2) is 4.52. The van der Waals surface area contributed by atoms with Gasteiger partial charge in [-0.15, -0.1) is 0 Å². The Balaban J connectivity index is 3.16. The zero-order valence-corrected chi connectivity index (χ0v) is 9.32. The van der Waals surface area contributed by atoms with Crippen molar-refractivity contribution in [2.75, 3.05) is 0 Å². The summed E-state index contributed by atoms with van der Waals surface area (Å²) in [5.41, 5.74) is 2.76. The first-order chi connectivity index (χ1) is 6.16. The van der Waals surface area contributed by atoms with Crippen LogP contribution in [0.1, 0.15) is 30.9 Å². The van der Waals surface area contributed by atoms with Crippen LogP contribution in [-0.4, -0.2) is 0 Å². The molecule has 0 saturated carbocycles. The van der Waals surface area contributed by atoms with E-state index in [1.165, 1.54) is 16.0 Å². The molecule has 0 unspecified atom stereocenters. The fourth-order valence-corrected chi connectivity index (χ4v) is 2.23. The van der Waals surface area contributed by atoms with Crippen LogP contribution in [0.25, 0.3) is 0 Å². The molecule has 0 atom stereocenters. The Morgan fingerprint density at radius 2 is 2.08 bits per heavy atom. The van der Waals surface area contributed by atoms with Gasteiger partial charge in [-0.25, -0.2) is 0 Å². The number of hydrogen-bond acceptors (Lipinski definition) is 1. The average Bonchev–Trinajstić information content (AvgIpc) is 2.08. The molecule has 1 aromatic rings. The molecule has 0 aliphatic heterocycles. The number of hydrogen-bond donors (Lipinski definition) is 0. The summed E-state index contributed by atoms with van der Waals surface area (Å²) in [6, 6.07) is 6.47. The molecule has 0 amide bonds. The van der Waals surface area contributed by atoms with Crippen molar-refractivity contribution in [3.05, 3.63) is 41.3 Å². The molecule has 1 rings (SSSR count). The molecule has 13 heavy (non-hydrogen) atoms. The standard InChI is InChI=1S/C12H16S/c1-5-13-12-10(4)7-6-8-11(12)9(2)3/h5-9H,1H2,2-4H3. The van der Waals surface area contributed by atoms with Crippen molar-refractivity contribution in [2.24, 2.45) is 0 Å². The van der Waals surface area contributed by atoms with Gasteiger partial charge in [0.25, 0.3) is 0 Å². The minimum atomic E-state index is 0.586. The highest BCUT2D eigenvalue weighted by Crippen LogP contribution is 2.31. The van der Waals surface area contributed by atoms with Crippen LogP contribution in [0, 0.1) is 6.92 Å². The van der Waals surface area contributed by atoms with Crippen LogP contribution in [0.3, 0.4) is 0 Å². The molecule has 70 valence electrons. The van der Waals surface area contributed by atoms with Gasteiger partial charge in [0.05, 0.1) is 0 Å². The van der Waals surface area contributed by atoms with Crippen LogP contribution in [0.2, 0.25) is 0 Å². The lowest BCUT2D eigenvalue weighted by Gasteiger charge is -2.12. The second-order valence-corrected chi connectivity index (χ2v) is 4.41. The monoisotopic (exact) mass is 192 g/mol. The quantitative estimate of drug-likeness (QED) is 0.641. The fraction of sp³-hybridized carbons (Fsp3) is 0.333. The summed E-state index contributed by atoms with van der Waals surface area (Å²) in [6.45, 7) is 10.4. The van der Waals surface area contributed by atoms with Gasteiger partial charge in [-0.05, 0) is 29.4 Å². The first kappa shape index (κ1) is 10.4. The van der Waals surface area contributed by atoms with E-state index in [9.17, 15) is 0 Å². The van der Waals surface area contributed by atoms with E-state index in [-0.39, 0.29) is 0 Å². The normalized spacial score (nSPS) is 10.5. The summed E-state index contributed by atoms with van der Waals surface area (Å²) in [5.74, 6) is 0.586. The molecule has 0 N–H and O–H groups in total. The highest BCUT2D eigenvalue weighted by molar-refractivity contribution is 8.02. The van der Waals surface area contributed by atoms with E-state index in [4.69, 9.17) is 0 Å². The van der Waals surface area contributed by atoms with Gasteiger partial charge in [0, 0.05) is 4.90 Å². The van der Waals surface area contributed by atoms with E-state index < -0.39 is 0 Å². The summed E-state index contributed by atoms with van der Waals surface area (Å²) >= 11 is 1.72. The third-order valence-electron chi connectivity index (χ3n) is 2.07. The molecule has 0 aliphatic carbocycles. The smallest absolute Gasteiger partial charge is 0.0179 e. The lowest BCUT2D eigenvalue weighted by molar-refractivity contribution is 0.838. The first-order valence-electron chi connectivity index (χ1n) is 4.54. The molecule has 1 heteroatoms. The summed E-state index contributed by atoms with van der Waals surface area (Å²) in [5, 5.41) is 1.90. The predicted octanol–water partition coefficient (Wildman–Crippen LogP) is 4.35. The molecule has 0 nitrogen and oxygen atoms in total. The van der Waals surface area contributed by atoms with E-state index in [0.29, 0.717) is 5.92 Å². The summed E-state index contributed by atoms with van der Waals surface area (Å²) < 4.78 is 0. The largest absolute Gasteiger partial charge is 0.0981 e. The second-order valence-electron chi connectivity index (χ2n) is 3.43. The molecular weight excluding hydrogens is 176 g/mol. The third-order valence-corrected chi connectivity index (χ3v) is 3.03. The minimum Gasteiger partial charge on any atom is -0.0981 e. The van der Waals surface area contributed by atoms with Crippen LogP contribution in [0.5, 0.6) is 0 Å². The Labute approximate surface area is 85.1 Å². The Morgan fingerprint density at radius 1 is 1.38 bits per heavy atom. The fourth-order valence-electron chi connectivity index (χ4n) is 1.37. The Morgan fingerprint density at radius 3 is 2.62 bits per heavy atom. The molecule has 0 aromatic heterocycles. The van der Waals surface area contributed by atoms with Gasteiger partial charge in [0.1, 0.15) is 0 Å². The molecular formula is C12H16S. The van der Waals surface area contributed by atoms with Crippen molar-refractivity contribution in [1.82, 2.24) is 0 Å². The van der Waals surface area contributed by atoms with Gasteiger partial charge in [-0.3, -0.25) is 0 Å². The molecule has 0 saturated heterocycles. The van der Waals surface area contributed by atoms with Gasteiger partial charge < -0.3 is 0 Å². The Hall–Kier alpha value is -0.690. The van der Waals surface area contributed by atoms with Crippen LogP contribution >= 0.6 is 11.8 Å². The van der Waals surface area contributed by atoms with Gasteiger partial charge in [-0.2, -0.15) is 0 Å². The molecule has 0 radical (unpaired) electrons. The molecule has 0 aliphatic rings. The first-order valence-corrected chi connectivity index (χ1v) is 5.42. The highest BCUT2D eigenvalue weighted by atomic mass is 32.2. The molecule has 0 bridgehead atoms. The Kier molecular flexibility index (Phi) is 3.61. The topological polar surface area (TPSA) is 0 Å². The number of aryl methyl sites for hydroxylation is 1. The maximum atomic E-state index is 3.76. The van der Waals surface area contributed by atoms with Crippen molar-refractivity contribution in [1.29, 1.82) is 0 Å². The molecule has 0 spiro atoms. The van der Waals surface area contributed by atoms with E-state index in [0.717, 1.165) is 0 Å². The van der Waals surface area contributed by atoms with Crippen LogP contribution in [-0.2, 0) is 0 Å². The van der Waals surface area contributed by atoms with Gasteiger partial charge in [0.2, 0.25) is 0 Å². The lowest BCUT2D eigenvalue weighted by Crippen LogP contribution is -1.92. The van der Waals surface area contributed by atoms with Gasteiger partial charge in [0.15, 0.2) is 0 Å². The lowest BCUT2D eigenvalue weighted by atomic mass is 10.0.